The van der Waals surface area contributed by atoms with E-state index in [0.29, 0.717) is 44.4 Å². The number of nitrogens with one attached hydrogen (secondary N) is 4. The number of fused-ring (bicyclic) bond motifs is 6. The second-order valence-corrected chi connectivity index (χ2v) is 23.0. The normalized spacial score (nSPS) is 24.5. The minimum absolute atomic E-state index is 0.0467. The molecule has 27 heteroatoms. The summed E-state index contributed by atoms with van der Waals surface area (Å²) in [6.45, 7) is 4.64. The van der Waals surface area contributed by atoms with Crippen LogP contribution in [0.2, 0.25) is 0 Å². The lowest BCUT2D eigenvalue weighted by atomic mass is 9.72. The van der Waals surface area contributed by atoms with Gasteiger partial charge in [0.25, 0.3) is 0 Å². The molecule has 472 valence electrons. The van der Waals surface area contributed by atoms with Crippen molar-refractivity contribution >= 4 is 64.5 Å². The SMILES string of the molecule is CO[C@H]1OCCN2[C@@H]1O[C@@H]1[C@H](C)O[C@@H](O[C@H]3C[C@](O)(C(=O)CO)Cc4c(O)c5c(c(O)c43)C(=O)c3c(OC(=O)OCc4ccc(NC(=O)[C@H](CCCNC(N)=O)NC(=O)[C@@H](NC(=O)CCCCCC6C(=O)C=CC6=O)C(C)C)cc4)cccc3C5=O)C[C@@H]12. The van der Waals surface area contributed by atoms with E-state index in [0.717, 1.165) is 0 Å². The minimum Gasteiger partial charge on any atom is -0.507 e. The number of aromatic hydroxyl groups is 2. The van der Waals surface area contributed by atoms with Crippen LogP contribution < -0.4 is 31.7 Å². The van der Waals surface area contributed by atoms with Crippen LogP contribution in [0.3, 0.4) is 0 Å². The number of amides is 5. The molecule has 0 spiro atoms. The number of nitrogens with two attached hydrogens (primary N) is 1. The number of aliphatic hydroxyl groups is 2. The van der Waals surface area contributed by atoms with E-state index in [4.69, 9.17) is 38.9 Å². The van der Waals surface area contributed by atoms with Crippen molar-refractivity contribution in [2.24, 2.45) is 17.6 Å². The molecule has 88 heavy (non-hydrogen) atoms. The van der Waals surface area contributed by atoms with Crippen LogP contribution in [0.25, 0.3) is 0 Å². The number of benzene rings is 3. The Labute approximate surface area is 504 Å². The van der Waals surface area contributed by atoms with E-state index in [1.54, 1.807) is 20.8 Å². The van der Waals surface area contributed by atoms with Crippen molar-refractivity contribution in [3.8, 4) is 17.2 Å². The molecule has 3 fully saturated rings. The zero-order valence-electron chi connectivity index (χ0n) is 48.9. The van der Waals surface area contributed by atoms with Crippen LogP contribution in [-0.2, 0) is 70.2 Å². The number of carbonyl (C=O) groups is 10. The van der Waals surface area contributed by atoms with E-state index in [-0.39, 0.29) is 72.2 Å². The Kier molecular flexibility index (Phi) is 20.2. The summed E-state index contributed by atoms with van der Waals surface area (Å²) in [5, 5.41) is 56.6. The number of methoxy groups -OCH3 is 1. The molecule has 9 rings (SSSR count). The van der Waals surface area contributed by atoms with Gasteiger partial charge in [-0.1, -0.05) is 51.0 Å². The summed E-state index contributed by atoms with van der Waals surface area (Å²) in [6.07, 6.45) is -2.36. The van der Waals surface area contributed by atoms with Gasteiger partial charge in [0.05, 0.1) is 41.4 Å². The molecule has 3 aliphatic heterocycles. The Balaban J connectivity index is 0.841. The van der Waals surface area contributed by atoms with Crippen molar-refractivity contribution in [2.45, 2.75) is 152 Å². The molecule has 3 heterocycles. The smallest absolute Gasteiger partial charge is 0.507 e. The van der Waals surface area contributed by atoms with E-state index in [1.807, 2.05) is 0 Å². The number of aliphatic hydroxyl groups excluding tert-OH is 1. The largest absolute Gasteiger partial charge is 0.514 e. The van der Waals surface area contributed by atoms with Crippen LogP contribution in [0, 0.1) is 11.8 Å². The maximum atomic E-state index is 14.7. The predicted octanol–water partition coefficient (Wildman–Crippen LogP) is 2.71. The molecule has 3 aromatic carbocycles. The van der Waals surface area contributed by atoms with E-state index >= 15 is 0 Å². The van der Waals surface area contributed by atoms with Crippen LogP contribution in [-0.4, -0.2) is 172 Å². The molecule has 3 aromatic rings. The fourth-order valence-electron chi connectivity index (χ4n) is 12.2. The number of primary amides is 1. The standard InChI is InChI=1S/C61H72N6O21/c1-29(2)49(66-43(72)14-7-5-6-10-33-38(69)19-20-39(33)70)56(78)65-36(12-9-21-63-59(62)79)55(77)64-32-17-15-31(16-18-32)28-84-60(80)87-40-13-8-11-34-45(40)52(75)48-47(50(34)73)51(74)35-25-61(81,42(71)27-68)26-41(46(35)53(48)76)86-44-24-37-54(30(3)85-44)88-57-58(82-4)83-23-22-67(37)57/h8,11,13,15-20,29-30,33,36-37,41,44,49,54,57-58,68,74,76,81H,5-7,9-10,12,14,21-28H2,1-4H3,(H,64,77)(H,65,78)(H,66,72)(H3,62,63,79)/t30-,36-,37-,41-,44-,49-,54+,57+,58-,61-/m0/s1. The number of rotatable bonds is 24. The lowest BCUT2D eigenvalue weighted by Gasteiger charge is -2.43. The molecular formula is C61H72N6O21. The highest BCUT2D eigenvalue weighted by Crippen LogP contribution is 2.53. The maximum absolute atomic E-state index is 14.7. The summed E-state index contributed by atoms with van der Waals surface area (Å²) in [5.41, 5.74) is 0.861. The molecule has 10 N–H and O–H groups in total. The highest BCUT2D eigenvalue weighted by Gasteiger charge is 2.55. The van der Waals surface area contributed by atoms with Crippen molar-refractivity contribution in [3.05, 3.63) is 93.6 Å². The Morgan fingerprint density at radius 1 is 0.875 bits per heavy atom. The highest BCUT2D eigenvalue weighted by atomic mass is 16.7. The number of phenols is 2. The van der Waals surface area contributed by atoms with Gasteiger partial charge in [-0.2, -0.15) is 0 Å². The summed E-state index contributed by atoms with van der Waals surface area (Å²) in [4.78, 5) is 133. The number of unbranched alkanes of at least 4 members (excludes halogenated alkanes) is 2. The fourth-order valence-corrected chi connectivity index (χ4v) is 12.2. The summed E-state index contributed by atoms with van der Waals surface area (Å²) >= 11 is 0. The van der Waals surface area contributed by atoms with Crippen molar-refractivity contribution in [1.82, 2.24) is 20.9 Å². The number of urea groups is 1. The number of Topliss-reactive ketones (excluding diaryl/α,β-unsaturated/α-hetero) is 1. The first-order valence-electron chi connectivity index (χ1n) is 29.2. The lowest BCUT2D eigenvalue weighted by Crippen LogP contribution is -2.55. The first-order valence-corrected chi connectivity index (χ1v) is 29.2. The van der Waals surface area contributed by atoms with Crippen molar-refractivity contribution in [3.63, 3.8) is 0 Å². The van der Waals surface area contributed by atoms with E-state index in [9.17, 15) is 68.4 Å². The Morgan fingerprint density at radius 2 is 1.60 bits per heavy atom. The highest BCUT2D eigenvalue weighted by molar-refractivity contribution is 6.31. The topological polar surface area (TPSA) is 394 Å². The van der Waals surface area contributed by atoms with Gasteiger partial charge < -0.3 is 80.6 Å². The van der Waals surface area contributed by atoms with Gasteiger partial charge in [0.15, 0.2) is 41.9 Å². The van der Waals surface area contributed by atoms with Gasteiger partial charge in [0.1, 0.15) is 54.3 Å². The van der Waals surface area contributed by atoms with Gasteiger partial charge in [-0.25, -0.2) is 9.59 Å². The second kappa shape index (κ2) is 27.6. The number of allylic oxidation sites excluding steroid dienone is 2. The Hall–Kier alpha value is -8.02. The summed E-state index contributed by atoms with van der Waals surface area (Å²) < 4.78 is 41.2. The number of ether oxygens (including phenoxy) is 7. The fraction of sp³-hybridized carbons (Fsp3) is 0.508. The number of carbonyl (C=O) groups excluding carboxylic acids is 10. The van der Waals surface area contributed by atoms with Gasteiger partial charge in [0, 0.05) is 74.3 Å². The number of phenolic OH excluding ortho intramolecular Hbond substituents is 2. The van der Waals surface area contributed by atoms with Gasteiger partial charge in [-0.3, -0.25) is 43.3 Å². The zero-order chi connectivity index (χ0) is 63.3. The van der Waals surface area contributed by atoms with Crippen molar-refractivity contribution in [2.75, 3.05) is 38.7 Å². The van der Waals surface area contributed by atoms with Crippen LogP contribution in [0.15, 0.2) is 54.6 Å². The van der Waals surface area contributed by atoms with E-state index in [2.05, 4.69) is 26.2 Å². The van der Waals surface area contributed by atoms with Gasteiger partial charge in [-0.05, 0) is 74.4 Å². The van der Waals surface area contributed by atoms with Gasteiger partial charge in [0.2, 0.25) is 23.5 Å². The molecule has 0 radical (unpaired) electrons. The van der Waals surface area contributed by atoms with E-state index < -0.39 is 174 Å². The van der Waals surface area contributed by atoms with Gasteiger partial charge in [-0.15, -0.1) is 0 Å². The summed E-state index contributed by atoms with van der Waals surface area (Å²) in [6, 6.07) is 6.50. The molecule has 10 atom stereocenters. The Morgan fingerprint density at radius 3 is 2.30 bits per heavy atom. The third-order valence-electron chi connectivity index (χ3n) is 16.8. The molecule has 6 aliphatic rings. The average molecular weight is 1230 g/mol. The molecule has 0 aromatic heterocycles. The third-order valence-corrected chi connectivity index (χ3v) is 16.8. The number of anilines is 1. The number of ketones is 5. The second-order valence-electron chi connectivity index (χ2n) is 23.0. The molecule has 3 aliphatic carbocycles. The average Bonchev–Trinajstić information content (AvgIpc) is 1.52. The molecule has 27 nitrogen and oxygen atoms in total. The monoisotopic (exact) mass is 1220 g/mol. The maximum Gasteiger partial charge on any atom is 0.514 e. The van der Waals surface area contributed by atoms with Crippen LogP contribution >= 0.6 is 0 Å². The van der Waals surface area contributed by atoms with Crippen LogP contribution in [0.4, 0.5) is 15.3 Å². The van der Waals surface area contributed by atoms with Gasteiger partial charge >= 0.3 is 12.2 Å². The summed E-state index contributed by atoms with van der Waals surface area (Å²) in [5.74, 6) is -8.36. The first kappa shape index (κ1) is 64.5. The van der Waals surface area contributed by atoms with Crippen LogP contribution in [0.5, 0.6) is 17.2 Å². The number of hydrogen-bond acceptors (Lipinski definition) is 22. The number of morpholine rings is 1. The summed E-state index contributed by atoms with van der Waals surface area (Å²) in [7, 11) is 1.50. The molecule has 0 unspecified atom stereocenters. The number of nitrogens with zero attached hydrogens (tertiary/aromatic N) is 1. The third kappa shape index (κ3) is 13.8. The molecule has 5 amide bonds. The molecule has 0 bridgehead atoms. The van der Waals surface area contributed by atoms with E-state index in [1.165, 1.54) is 61.7 Å². The zero-order valence-corrected chi connectivity index (χ0v) is 48.9. The minimum atomic E-state index is -2.38. The molecule has 3 saturated heterocycles. The predicted molar refractivity (Wildman–Crippen MR) is 304 cm³/mol. The van der Waals surface area contributed by atoms with Crippen molar-refractivity contribution < 1.29 is 102 Å². The quantitative estimate of drug-likeness (QED) is 0.0160. The number of hydrogen-bond donors (Lipinski definition) is 9. The lowest BCUT2D eigenvalue weighted by molar-refractivity contribution is -0.256. The van der Waals surface area contributed by atoms with Crippen LogP contribution in [0.1, 0.15) is 133 Å². The molecule has 0 saturated carbocycles. The first-order chi connectivity index (χ1) is 42.0. The molecular weight excluding hydrogens is 1150 g/mol. The van der Waals surface area contributed by atoms with Crippen molar-refractivity contribution in [1.29, 1.82) is 0 Å². The Bertz CT molecular complexity index is 3260.